The highest BCUT2D eigenvalue weighted by Gasteiger charge is 2.19. The van der Waals surface area contributed by atoms with Gasteiger partial charge >= 0.3 is 0 Å². The molecule has 0 aliphatic rings. The zero-order valence-electron chi connectivity index (χ0n) is 11.5. The first kappa shape index (κ1) is 15.7. The lowest BCUT2D eigenvalue weighted by Gasteiger charge is -2.17. The Kier molecular flexibility index (Phi) is 5.48. The molecule has 1 atom stereocenters. The quantitative estimate of drug-likeness (QED) is 0.859. The standard InChI is InChI=1S/C16H15Cl2NO2/c1-2-15(21-12-6-4-3-5-7-12)16(20)19-14-9-8-11(17)10-13(14)18/h3-10,15H,2H2,1H3,(H,19,20). The largest absolute Gasteiger partial charge is 0.481 e. The normalized spacial score (nSPS) is 11.8. The van der Waals surface area contributed by atoms with Crippen molar-refractivity contribution >= 4 is 34.8 Å². The van der Waals surface area contributed by atoms with E-state index in [0.717, 1.165) is 0 Å². The molecule has 1 N–H and O–H groups in total. The molecule has 0 heterocycles. The Morgan fingerprint density at radius 3 is 2.52 bits per heavy atom. The number of benzene rings is 2. The molecule has 0 aliphatic carbocycles. The fraction of sp³-hybridized carbons (Fsp3) is 0.188. The van der Waals surface area contributed by atoms with Crippen LogP contribution in [0.25, 0.3) is 0 Å². The maximum atomic E-state index is 12.3. The number of amides is 1. The zero-order chi connectivity index (χ0) is 15.2. The summed E-state index contributed by atoms with van der Waals surface area (Å²) in [6, 6.07) is 14.1. The second kappa shape index (κ2) is 7.34. The number of ether oxygens (including phenoxy) is 1. The lowest BCUT2D eigenvalue weighted by molar-refractivity contribution is -0.122. The molecule has 0 aliphatic heterocycles. The lowest BCUT2D eigenvalue weighted by Crippen LogP contribution is -2.32. The Labute approximate surface area is 133 Å². The predicted molar refractivity (Wildman–Crippen MR) is 86.2 cm³/mol. The molecule has 2 aromatic rings. The Bertz CT molecular complexity index is 617. The van der Waals surface area contributed by atoms with E-state index >= 15 is 0 Å². The molecule has 110 valence electrons. The van der Waals surface area contributed by atoms with Crippen LogP contribution in [0.3, 0.4) is 0 Å². The predicted octanol–water partition coefficient (Wildman–Crippen LogP) is 4.79. The van der Waals surface area contributed by atoms with E-state index in [-0.39, 0.29) is 5.91 Å². The minimum Gasteiger partial charge on any atom is -0.481 e. The molecule has 21 heavy (non-hydrogen) atoms. The lowest BCUT2D eigenvalue weighted by atomic mass is 10.2. The van der Waals surface area contributed by atoms with Gasteiger partial charge in [-0.05, 0) is 36.8 Å². The summed E-state index contributed by atoms with van der Waals surface area (Å²) in [5.41, 5.74) is 0.515. The molecule has 3 nitrogen and oxygen atoms in total. The number of hydrogen-bond acceptors (Lipinski definition) is 2. The van der Waals surface area contributed by atoms with E-state index < -0.39 is 6.10 Å². The maximum absolute atomic E-state index is 12.3. The minimum absolute atomic E-state index is 0.245. The molecule has 2 aromatic carbocycles. The molecule has 0 saturated heterocycles. The highest BCUT2D eigenvalue weighted by molar-refractivity contribution is 6.36. The number of halogens is 2. The summed E-state index contributed by atoms with van der Waals surface area (Å²) < 4.78 is 5.68. The van der Waals surface area contributed by atoms with Gasteiger partial charge in [0.15, 0.2) is 6.10 Å². The average Bonchev–Trinajstić information content (AvgIpc) is 2.48. The second-order valence-electron chi connectivity index (χ2n) is 4.44. The van der Waals surface area contributed by atoms with Gasteiger partial charge < -0.3 is 10.1 Å². The van der Waals surface area contributed by atoms with E-state index in [9.17, 15) is 4.79 Å². The summed E-state index contributed by atoms with van der Waals surface area (Å²) in [5.74, 6) is 0.410. The van der Waals surface area contributed by atoms with Gasteiger partial charge in [-0.1, -0.05) is 48.3 Å². The summed E-state index contributed by atoms with van der Waals surface area (Å²) in [6.45, 7) is 1.89. The van der Waals surface area contributed by atoms with Crippen molar-refractivity contribution in [3.63, 3.8) is 0 Å². The van der Waals surface area contributed by atoms with Crippen LogP contribution in [0.5, 0.6) is 5.75 Å². The van der Waals surface area contributed by atoms with Gasteiger partial charge in [0, 0.05) is 5.02 Å². The molecule has 2 rings (SSSR count). The average molecular weight is 324 g/mol. The minimum atomic E-state index is -0.584. The van der Waals surface area contributed by atoms with Crippen LogP contribution in [0.2, 0.25) is 10.0 Å². The monoisotopic (exact) mass is 323 g/mol. The molecule has 1 amide bonds. The maximum Gasteiger partial charge on any atom is 0.265 e. The van der Waals surface area contributed by atoms with Crippen LogP contribution in [-0.4, -0.2) is 12.0 Å². The highest BCUT2D eigenvalue weighted by Crippen LogP contribution is 2.25. The molecular weight excluding hydrogens is 309 g/mol. The van der Waals surface area contributed by atoms with Crippen LogP contribution in [-0.2, 0) is 4.79 Å². The fourth-order valence-corrected chi connectivity index (χ4v) is 2.25. The number of anilines is 1. The van der Waals surface area contributed by atoms with Crippen LogP contribution >= 0.6 is 23.2 Å². The van der Waals surface area contributed by atoms with Crippen LogP contribution in [0.1, 0.15) is 13.3 Å². The van der Waals surface area contributed by atoms with Crippen molar-refractivity contribution in [3.05, 3.63) is 58.6 Å². The van der Waals surface area contributed by atoms with Crippen molar-refractivity contribution in [2.45, 2.75) is 19.4 Å². The number of nitrogens with one attached hydrogen (secondary N) is 1. The first-order valence-corrected chi connectivity index (χ1v) is 7.33. The van der Waals surface area contributed by atoms with E-state index in [0.29, 0.717) is 27.9 Å². The van der Waals surface area contributed by atoms with Crippen molar-refractivity contribution in [1.82, 2.24) is 0 Å². The number of para-hydroxylation sites is 1. The van der Waals surface area contributed by atoms with Gasteiger partial charge in [-0.15, -0.1) is 0 Å². The van der Waals surface area contributed by atoms with E-state index in [1.54, 1.807) is 18.2 Å². The first-order valence-electron chi connectivity index (χ1n) is 6.57. The second-order valence-corrected chi connectivity index (χ2v) is 5.28. The first-order chi connectivity index (χ1) is 10.1. The molecule has 1 unspecified atom stereocenters. The van der Waals surface area contributed by atoms with Gasteiger partial charge in [-0.25, -0.2) is 0 Å². The summed E-state index contributed by atoms with van der Waals surface area (Å²) in [7, 11) is 0. The number of carbonyl (C=O) groups is 1. The van der Waals surface area contributed by atoms with E-state index in [1.165, 1.54) is 0 Å². The molecule has 0 saturated carbocycles. The molecule has 0 bridgehead atoms. The third-order valence-electron chi connectivity index (χ3n) is 2.87. The molecule has 5 heteroatoms. The third kappa shape index (κ3) is 4.38. The molecule has 0 fully saturated rings. The Balaban J connectivity index is 2.06. The van der Waals surface area contributed by atoms with Crippen molar-refractivity contribution in [3.8, 4) is 5.75 Å². The Morgan fingerprint density at radius 2 is 1.90 bits per heavy atom. The van der Waals surface area contributed by atoms with Crippen LogP contribution in [0.15, 0.2) is 48.5 Å². The Morgan fingerprint density at radius 1 is 1.19 bits per heavy atom. The van der Waals surface area contributed by atoms with Crippen molar-refractivity contribution in [1.29, 1.82) is 0 Å². The summed E-state index contributed by atoms with van der Waals surface area (Å²) in [6.07, 6.45) is -0.0366. The van der Waals surface area contributed by atoms with E-state index in [1.807, 2.05) is 37.3 Å². The number of rotatable bonds is 5. The van der Waals surface area contributed by atoms with E-state index in [2.05, 4.69) is 5.32 Å². The number of hydrogen-bond donors (Lipinski definition) is 1. The topological polar surface area (TPSA) is 38.3 Å². The van der Waals surface area contributed by atoms with Gasteiger partial charge in [0.2, 0.25) is 0 Å². The van der Waals surface area contributed by atoms with Gasteiger partial charge in [-0.3, -0.25) is 4.79 Å². The third-order valence-corrected chi connectivity index (χ3v) is 3.42. The number of carbonyl (C=O) groups excluding carboxylic acids is 1. The Hall–Kier alpha value is -1.71. The van der Waals surface area contributed by atoms with E-state index in [4.69, 9.17) is 27.9 Å². The van der Waals surface area contributed by atoms with Gasteiger partial charge in [0.1, 0.15) is 5.75 Å². The smallest absolute Gasteiger partial charge is 0.265 e. The SMILES string of the molecule is CCC(Oc1ccccc1)C(=O)Nc1ccc(Cl)cc1Cl. The molecular formula is C16H15Cl2NO2. The molecule has 0 aromatic heterocycles. The summed E-state index contributed by atoms with van der Waals surface area (Å²) >= 11 is 11.9. The van der Waals surface area contributed by atoms with Crippen LogP contribution in [0.4, 0.5) is 5.69 Å². The van der Waals surface area contributed by atoms with Crippen molar-refractivity contribution in [2.24, 2.45) is 0 Å². The fourth-order valence-electron chi connectivity index (χ4n) is 1.79. The van der Waals surface area contributed by atoms with Crippen molar-refractivity contribution < 1.29 is 9.53 Å². The molecule has 0 spiro atoms. The highest BCUT2D eigenvalue weighted by atomic mass is 35.5. The summed E-state index contributed by atoms with van der Waals surface area (Å²) in [5, 5.41) is 3.67. The van der Waals surface area contributed by atoms with Crippen molar-refractivity contribution in [2.75, 3.05) is 5.32 Å². The van der Waals surface area contributed by atoms with Crippen LogP contribution < -0.4 is 10.1 Å². The molecule has 0 radical (unpaired) electrons. The van der Waals surface area contributed by atoms with Gasteiger partial charge in [-0.2, -0.15) is 0 Å². The van der Waals surface area contributed by atoms with Crippen LogP contribution in [0, 0.1) is 0 Å². The van der Waals surface area contributed by atoms with Gasteiger partial charge in [0.05, 0.1) is 10.7 Å². The zero-order valence-corrected chi connectivity index (χ0v) is 13.0. The summed E-state index contributed by atoms with van der Waals surface area (Å²) in [4.78, 5) is 12.3. The van der Waals surface area contributed by atoms with Gasteiger partial charge in [0.25, 0.3) is 5.91 Å².